The van der Waals surface area contributed by atoms with E-state index < -0.39 is 0 Å². The van der Waals surface area contributed by atoms with E-state index in [1.54, 1.807) is 36.4 Å². The lowest BCUT2D eigenvalue weighted by Gasteiger charge is -2.05. The van der Waals surface area contributed by atoms with E-state index in [1.165, 1.54) is 12.8 Å². The monoisotopic (exact) mass is 269 g/mol. The smallest absolute Gasteiger partial charge is 0.248 e. The first kappa shape index (κ1) is 13.8. The Labute approximate surface area is 117 Å². The average Bonchev–Trinajstić information content (AvgIpc) is 3.23. The first-order valence-electron chi connectivity index (χ1n) is 6.43. The van der Waals surface area contributed by atoms with Crippen LogP contribution >= 0.6 is 0 Å². The van der Waals surface area contributed by atoms with Gasteiger partial charge in [-0.15, -0.1) is 0 Å². The predicted octanol–water partition coefficient (Wildman–Crippen LogP) is 2.44. The lowest BCUT2D eigenvalue weighted by atomic mass is 10.2. The number of nitrogens with one attached hydrogen (secondary N) is 2. The van der Waals surface area contributed by atoms with Crippen molar-refractivity contribution in [3.8, 4) is 6.07 Å². The Bertz CT molecular complexity index is 566. The first-order valence-corrected chi connectivity index (χ1v) is 6.43. The summed E-state index contributed by atoms with van der Waals surface area (Å²) >= 11 is 0. The molecule has 5 heteroatoms. The van der Waals surface area contributed by atoms with Crippen molar-refractivity contribution >= 4 is 23.2 Å². The van der Waals surface area contributed by atoms with Crippen LogP contribution in [-0.2, 0) is 9.59 Å². The van der Waals surface area contributed by atoms with Crippen LogP contribution in [0, 0.1) is 17.2 Å². The van der Waals surface area contributed by atoms with Crippen LogP contribution < -0.4 is 10.6 Å². The normalized spacial score (nSPS) is 13.8. The molecule has 1 fully saturated rings. The van der Waals surface area contributed by atoms with Gasteiger partial charge >= 0.3 is 0 Å². The van der Waals surface area contributed by atoms with Gasteiger partial charge in [0.25, 0.3) is 0 Å². The Hall–Kier alpha value is -2.61. The fraction of sp³-hybridized carbons (Fsp3) is 0.267. The highest BCUT2D eigenvalue weighted by atomic mass is 16.2. The van der Waals surface area contributed by atoms with Crippen LogP contribution in [0.15, 0.2) is 36.4 Å². The van der Waals surface area contributed by atoms with Gasteiger partial charge in [-0.2, -0.15) is 5.26 Å². The second-order valence-electron chi connectivity index (χ2n) is 4.65. The number of nitriles is 1. The van der Waals surface area contributed by atoms with Gasteiger partial charge in [-0.25, -0.2) is 0 Å². The third kappa shape index (κ3) is 4.58. The lowest BCUT2D eigenvalue weighted by molar-refractivity contribution is -0.115. The molecule has 0 unspecified atom stereocenters. The molecule has 0 aliphatic heterocycles. The minimum absolute atomic E-state index is 0.154. The van der Waals surface area contributed by atoms with Gasteiger partial charge in [-0.3, -0.25) is 9.59 Å². The van der Waals surface area contributed by atoms with E-state index in [9.17, 15) is 9.59 Å². The van der Waals surface area contributed by atoms with Crippen molar-refractivity contribution < 1.29 is 9.59 Å². The number of hydrogen-bond acceptors (Lipinski definition) is 3. The number of benzene rings is 1. The van der Waals surface area contributed by atoms with E-state index in [4.69, 9.17) is 5.26 Å². The number of rotatable bonds is 5. The number of amides is 2. The third-order valence-corrected chi connectivity index (χ3v) is 2.82. The summed E-state index contributed by atoms with van der Waals surface area (Å²) < 4.78 is 0. The maximum Gasteiger partial charge on any atom is 0.248 e. The van der Waals surface area contributed by atoms with Gasteiger partial charge in [0.1, 0.15) is 6.42 Å². The highest BCUT2D eigenvalue weighted by Gasteiger charge is 2.17. The number of carbonyl (C=O) groups is 2. The van der Waals surface area contributed by atoms with Crippen LogP contribution in [0.5, 0.6) is 0 Å². The van der Waals surface area contributed by atoms with Crippen LogP contribution in [0.1, 0.15) is 19.3 Å². The molecule has 1 aromatic rings. The van der Waals surface area contributed by atoms with Gasteiger partial charge in [0.05, 0.1) is 6.07 Å². The number of carbonyl (C=O) groups excluding carboxylic acids is 2. The van der Waals surface area contributed by atoms with Gasteiger partial charge in [0, 0.05) is 11.4 Å². The number of hydrogen-bond donors (Lipinski definition) is 2. The second-order valence-corrected chi connectivity index (χ2v) is 4.65. The summed E-state index contributed by atoms with van der Waals surface area (Å²) in [7, 11) is 0. The maximum absolute atomic E-state index is 11.6. The second kappa shape index (κ2) is 6.53. The summed E-state index contributed by atoms with van der Waals surface area (Å²) in [5.41, 5.74) is 1.26. The molecule has 0 aromatic heterocycles. The van der Waals surface area contributed by atoms with Crippen molar-refractivity contribution in [2.75, 3.05) is 10.6 Å². The zero-order valence-corrected chi connectivity index (χ0v) is 10.9. The molecule has 0 atom stereocenters. The highest BCUT2D eigenvalue weighted by Crippen LogP contribution is 2.29. The molecule has 0 bridgehead atoms. The molecule has 2 N–H and O–H groups in total. The zero-order chi connectivity index (χ0) is 14.4. The van der Waals surface area contributed by atoms with Crippen molar-refractivity contribution in [3.05, 3.63) is 36.4 Å². The van der Waals surface area contributed by atoms with Crippen LogP contribution in [0.2, 0.25) is 0 Å². The predicted molar refractivity (Wildman–Crippen MR) is 75.8 cm³/mol. The highest BCUT2D eigenvalue weighted by molar-refractivity contribution is 5.99. The van der Waals surface area contributed by atoms with Crippen LogP contribution in [0.25, 0.3) is 0 Å². The molecular weight excluding hydrogens is 254 g/mol. The van der Waals surface area contributed by atoms with Crippen molar-refractivity contribution in [3.63, 3.8) is 0 Å². The average molecular weight is 269 g/mol. The number of nitrogens with zero attached hydrogens (tertiary/aromatic N) is 1. The molecule has 20 heavy (non-hydrogen) atoms. The molecule has 2 amide bonds. The molecule has 0 radical (unpaired) electrons. The molecule has 1 aliphatic rings. The minimum atomic E-state index is -0.350. The van der Waals surface area contributed by atoms with Crippen LogP contribution in [0.3, 0.4) is 0 Å². The third-order valence-electron chi connectivity index (χ3n) is 2.82. The number of anilines is 2. The molecule has 1 aromatic carbocycles. The fourth-order valence-corrected chi connectivity index (χ4v) is 1.61. The van der Waals surface area contributed by atoms with Crippen LogP contribution in [-0.4, -0.2) is 11.8 Å². The van der Waals surface area contributed by atoms with Crippen molar-refractivity contribution in [2.24, 2.45) is 5.92 Å². The van der Waals surface area contributed by atoms with E-state index in [2.05, 4.69) is 10.6 Å². The fourth-order valence-electron chi connectivity index (χ4n) is 1.61. The summed E-state index contributed by atoms with van der Waals surface area (Å²) in [6.45, 7) is 0. The molecule has 0 spiro atoms. The van der Waals surface area contributed by atoms with Gasteiger partial charge in [-0.05, 0) is 49.1 Å². The van der Waals surface area contributed by atoms with E-state index in [1.807, 2.05) is 6.08 Å². The zero-order valence-electron chi connectivity index (χ0n) is 10.9. The van der Waals surface area contributed by atoms with Gasteiger partial charge in [0.15, 0.2) is 0 Å². The van der Waals surface area contributed by atoms with Crippen LogP contribution in [0.4, 0.5) is 11.4 Å². The summed E-state index contributed by atoms with van der Waals surface area (Å²) in [6.07, 6.45) is 5.64. The number of allylic oxidation sites excluding steroid dienone is 1. The molecule has 5 nitrogen and oxygen atoms in total. The minimum Gasteiger partial charge on any atom is -0.325 e. The molecule has 1 aliphatic carbocycles. The van der Waals surface area contributed by atoms with Crippen molar-refractivity contribution in [1.82, 2.24) is 0 Å². The molecule has 0 heterocycles. The molecular formula is C15H15N3O2. The lowest BCUT2D eigenvalue weighted by Crippen LogP contribution is -2.11. The first-order chi connectivity index (χ1) is 9.67. The molecule has 0 saturated heterocycles. The molecule has 102 valence electrons. The SMILES string of the molecule is N#CCC(=O)Nc1ccc(NC(=O)/C=C/C2CC2)cc1. The standard InChI is InChI=1S/C15H15N3O2/c16-10-9-15(20)18-13-6-4-12(5-7-13)17-14(19)8-3-11-1-2-11/h3-8,11H,1-2,9H2,(H,17,19)(H,18,20)/b8-3+. The summed E-state index contributed by atoms with van der Waals surface area (Å²) in [6, 6.07) is 8.53. The topological polar surface area (TPSA) is 82.0 Å². The van der Waals surface area contributed by atoms with Crippen molar-refractivity contribution in [1.29, 1.82) is 5.26 Å². The summed E-state index contributed by atoms with van der Waals surface area (Å²) in [4.78, 5) is 22.8. The van der Waals surface area contributed by atoms with Gasteiger partial charge in [-0.1, -0.05) is 6.08 Å². The summed E-state index contributed by atoms with van der Waals surface area (Å²) in [5.74, 6) is 0.0632. The Morgan fingerprint density at radius 3 is 2.35 bits per heavy atom. The quantitative estimate of drug-likeness (QED) is 0.805. The van der Waals surface area contributed by atoms with Gasteiger partial charge in [0.2, 0.25) is 11.8 Å². The summed E-state index contributed by atoms with van der Waals surface area (Å²) in [5, 5.41) is 13.7. The van der Waals surface area contributed by atoms with E-state index in [0.29, 0.717) is 17.3 Å². The van der Waals surface area contributed by atoms with Crippen molar-refractivity contribution in [2.45, 2.75) is 19.3 Å². The Balaban J connectivity index is 1.86. The largest absolute Gasteiger partial charge is 0.325 e. The van der Waals surface area contributed by atoms with Gasteiger partial charge < -0.3 is 10.6 Å². The van der Waals surface area contributed by atoms with E-state index in [-0.39, 0.29) is 18.2 Å². The molecule has 2 rings (SSSR count). The van der Waals surface area contributed by atoms with E-state index in [0.717, 1.165) is 0 Å². The molecule has 1 saturated carbocycles. The van der Waals surface area contributed by atoms with E-state index >= 15 is 0 Å². The Morgan fingerprint density at radius 1 is 1.20 bits per heavy atom. The Morgan fingerprint density at radius 2 is 1.80 bits per heavy atom. The maximum atomic E-state index is 11.6. The Kier molecular flexibility index (Phi) is 4.51.